The number of amidine groups is 1. The van der Waals surface area contributed by atoms with E-state index in [4.69, 9.17) is 11.5 Å². The number of aliphatic imine (C=N–C) groups is 2. The lowest BCUT2D eigenvalue weighted by Gasteiger charge is -2.06. The molecule has 1 aliphatic rings. The molecule has 0 radical (unpaired) electrons. The van der Waals surface area contributed by atoms with E-state index < -0.39 is 0 Å². The number of benzene rings is 1. The van der Waals surface area contributed by atoms with Gasteiger partial charge in [0.25, 0.3) is 0 Å². The van der Waals surface area contributed by atoms with E-state index >= 15 is 0 Å². The van der Waals surface area contributed by atoms with Gasteiger partial charge in [-0.3, -0.25) is 9.98 Å². The van der Waals surface area contributed by atoms with E-state index in [1.165, 1.54) is 5.56 Å². The maximum atomic E-state index is 5.27. The Kier molecular flexibility index (Phi) is 9.20. The molecule has 0 atom stereocenters. The quantitative estimate of drug-likeness (QED) is 0.578. The average Bonchev–Trinajstić information content (AvgIpc) is 2.84. The summed E-state index contributed by atoms with van der Waals surface area (Å²) in [5.41, 5.74) is 12.8. The molecule has 1 heterocycles. The van der Waals surface area contributed by atoms with Gasteiger partial charge >= 0.3 is 0 Å². The molecule has 0 amide bonds. The van der Waals surface area contributed by atoms with Crippen LogP contribution in [0.2, 0.25) is 0 Å². The molecule has 8 heteroatoms. The number of anilines is 1. The van der Waals surface area contributed by atoms with Crippen molar-refractivity contribution in [3.8, 4) is 0 Å². The van der Waals surface area contributed by atoms with Crippen molar-refractivity contribution in [2.75, 3.05) is 24.2 Å². The molecule has 2 rings (SSSR count). The summed E-state index contributed by atoms with van der Waals surface area (Å²) in [6.45, 7) is 1.53. The van der Waals surface area contributed by atoms with Crippen LogP contribution in [-0.4, -0.2) is 30.0 Å². The smallest absolute Gasteiger partial charge is 0.185 e. The van der Waals surface area contributed by atoms with Crippen LogP contribution in [0.15, 0.2) is 34.3 Å². The van der Waals surface area contributed by atoms with Crippen LogP contribution in [0.4, 0.5) is 5.69 Å². The maximum Gasteiger partial charge on any atom is 0.185 e. The molecule has 0 aliphatic carbocycles. The molecule has 112 valence electrons. The first kappa shape index (κ1) is 18.9. The van der Waals surface area contributed by atoms with Crippen molar-refractivity contribution in [1.29, 1.82) is 0 Å². The lowest BCUT2D eigenvalue weighted by molar-refractivity contribution is 0.962. The lowest BCUT2D eigenvalue weighted by atomic mass is 10.1. The topological polar surface area (TPSA) is 88.8 Å². The zero-order chi connectivity index (χ0) is 12.8. The normalized spacial score (nSPS) is 12.7. The number of hydrogen-bond acceptors (Lipinski definition) is 4. The van der Waals surface area contributed by atoms with Gasteiger partial charge in [0.15, 0.2) is 11.1 Å². The van der Waals surface area contributed by atoms with Gasteiger partial charge in [0.1, 0.15) is 0 Å². The summed E-state index contributed by atoms with van der Waals surface area (Å²) < 4.78 is 0. The standard InChI is InChI=1S/C12H17N5S.2ClH/c13-11(14)15-6-5-9-1-3-10(4-2-9)17-12-16-7-8-18-12;;/h1-4H,5-8H2,(H,16,17)(H4,13,14,15);2*1H. The second-order valence-electron chi connectivity index (χ2n) is 3.91. The van der Waals surface area contributed by atoms with Gasteiger partial charge in [-0.15, -0.1) is 24.8 Å². The van der Waals surface area contributed by atoms with E-state index in [0.29, 0.717) is 6.54 Å². The minimum absolute atomic E-state index is 0. The molecular formula is C12H19Cl2N5S. The molecule has 1 aliphatic heterocycles. The highest BCUT2D eigenvalue weighted by molar-refractivity contribution is 8.14. The Morgan fingerprint density at radius 3 is 2.50 bits per heavy atom. The Morgan fingerprint density at radius 2 is 1.95 bits per heavy atom. The maximum absolute atomic E-state index is 5.27. The summed E-state index contributed by atoms with van der Waals surface area (Å²) in [5, 5.41) is 4.29. The molecule has 0 bridgehead atoms. The predicted molar refractivity (Wildman–Crippen MR) is 93.7 cm³/mol. The van der Waals surface area contributed by atoms with E-state index in [9.17, 15) is 0 Å². The molecule has 0 saturated carbocycles. The number of rotatable bonds is 4. The summed E-state index contributed by atoms with van der Waals surface area (Å²) >= 11 is 1.75. The Balaban J connectivity index is 0.00000180. The van der Waals surface area contributed by atoms with Gasteiger partial charge in [0.2, 0.25) is 0 Å². The van der Waals surface area contributed by atoms with Crippen molar-refractivity contribution in [2.24, 2.45) is 21.5 Å². The fourth-order valence-electron chi connectivity index (χ4n) is 1.60. The number of nitrogens with zero attached hydrogens (tertiary/aromatic N) is 2. The van der Waals surface area contributed by atoms with Crippen LogP contribution in [0, 0.1) is 0 Å². The first-order chi connectivity index (χ1) is 8.74. The second-order valence-corrected chi connectivity index (χ2v) is 5.00. The van der Waals surface area contributed by atoms with Gasteiger partial charge in [-0.05, 0) is 24.1 Å². The summed E-state index contributed by atoms with van der Waals surface area (Å²) in [4.78, 5) is 8.30. The van der Waals surface area contributed by atoms with Crippen molar-refractivity contribution in [1.82, 2.24) is 0 Å². The number of guanidine groups is 1. The Labute approximate surface area is 135 Å². The highest BCUT2D eigenvalue weighted by Gasteiger charge is 2.06. The van der Waals surface area contributed by atoms with E-state index in [1.54, 1.807) is 11.8 Å². The van der Waals surface area contributed by atoms with Crippen molar-refractivity contribution < 1.29 is 0 Å². The first-order valence-corrected chi connectivity index (χ1v) is 6.81. The highest BCUT2D eigenvalue weighted by atomic mass is 35.5. The molecular weight excluding hydrogens is 317 g/mol. The third-order valence-corrected chi connectivity index (χ3v) is 3.38. The molecule has 0 aromatic heterocycles. The molecule has 5 nitrogen and oxygen atoms in total. The number of thioether (sulfide) groups is 1. The molecule has 0 unspecified atom stereocenters. The fraction of sp³-hybridized carbons (Fsp3) is 0.333. The van der Waals surface area contributed by atoms with E-state index in [1.807, 2.05) is 12.1 Å². The van der Waals surface area contributed by atoms with Gasteiger partial charge in [-0.2, -0.15) is 0 Å². The van der Waals surface area contributed by atoms with Gasteiger partial charge in [-0.1, -0.05) is 23.9 Å². The molecule has 0 fully saturated rings. The molecule has 1 aromatic carbocycles. The SMILES string of the molecule is Cl.Cl.NC(N)=NCCc1ccc(NC2=NCCS2)cc1. The fourth-order valence-corrected chi connectivity index (χ4v) is 2.35. The summed E-state index contributed by atoms with van der Waals surface area (Å²) in [5.74, 6) is 1.21. The van der Waals surface area contributed by atoms with Crippen molar-refractivity contribution >= 4 is 53.4 Å². The monoisotopic (exact) mass is 335 g/mol. The Bertz CT molecular complexity index is 457. The number of nitrogens with one attached hydrogen (secondary N) is 1. The van der Waals surface area contributed by atoms with Crippen molar-refractivity contribution in [3.63, 3.8) is 0 Å². The van der Waals surface area contributed by atoms with Crippen molar-refractivity contribution in [3.05, 3.63) is 29.8 Å². The number of hydrogen-bond donors (Lipinski definition) is 3. The molecule has 1 aromatic rings. The van der Waals surface area contributed by atoms with E-state index in [-0.39, 0.29) is 30.8 Å². The van der Waals surface area contributed by atoms with Crippen LogP contribution < -0.4 is 16.8 Å². The summed E-state index contributed by atoms with van der Waals surface area (Å²) in [6.07, 6.45) is 0.841. The van der Waals surface area contributed by atoms with Crippen LogP contribution in [0.3, 0.4) is 0 Å². The van der Waals surface area contributed by atoms with Crippen LogP contribution in [0.1, 0.15) is 5.56 Å². The zero-order valence-electron chi connectivity index (χ0n) is 10.9. The second kappa shape index (κ2) is 9.74. The third-order valence-electron chi connectivity index (χ3n) is 2.49. The summed E-state index contributed by atoms with van der Waals surface area (Å²) in [7, 11) is 0. The van der Waals surface area contributed by atoms with E-state index in [2.05, 4.69) is 27.4 Å². The first-order valence-electron chi connectivity index (χ1n) is 5.82. The minimum Gasteiger partial charge on any atom is -0.370 e. The van der Waals surface area contributed by atoms with Gasteiger partial charge in [-0.25, -0.2) is 0 Å². The van der Waals surface area contributed by atoms with Gasteiger partial charge in [0.05, 0.1) is 6.54 Å². The predicted octanol–water partition coefficient (Wildman–Crippen LogP) is 1.86. The molecule has 5 N–H and O–H groups in total. The van der Waals surface area contributed by atoms with Gasteiger partial charge in [0, 0.05) is 18.0 Å². The largest absolute Gasteiger partial charge is 0.370 e. The lowest BCUT2D eigenvalue weighted by Crippen LogP contribution is -2.23. The Morgan fingerprint density at radius 1 is 1.25 bits per heavy atom. The van der Waals surface area contributed by atoms with Crippen LogP contribution >= 0.6 is 36.6 Å². The van der Waals surface area contributed by atoms with E-state index in [0.717, 1.165) is 29.6 Å². The average molecular weight is 336 g/mol. The Hall–Kier alpha value is -1.11. The molecule has 0 saturated heterocycles. The third kappa shape index (κ3) is 6.36. The molecule has 0 spiro atoms. The van der Waals surface area contributed by atoms with Crippen molar-refractivity contribution in [2.45, 2.75) is 6.42 Å². The minimum atomic E-state index is 0. The van der Waals surface area contributed by atoms with Gasteiger partial charge < -0.3 is 16.8 Å². The molecule has 20 heavy (non-hydrogen) atoms. The summed E-state index contributed by atoms with van der Waals surface area (Å²) in [6, 6.07) is 8.24. The van der Waals surface area contributed by atoms with Crippen LogP contribution in [-0.2, 0) is 6.42 Å². The van der Waals surface area contributed by atoms with Crippen LogP contribution in [0.5, 0.6) is 0 Å². The zero-order valence-corrected chi connectivity index (χ0v) is 13.4. The number of nitrogens with two attached hydrogens (primary N) is 2. The number of halogens is 2. The highest BCUT2D eigenvalue weighted by Crippen LogP contribution is 2.16. The van der Waals surface area contributed by atoms with Crippen LogP contribution in [0.25, 0.3) is 0 Å².